The average molecular weight is 292 g/mol. The molecular weight excluding hydrogens is 268 g/mol. The SMILES string of the molecule is CCC1CCCCN1C(=O)CSc1cccc(C)c1N. The van der Waals surface area contributed by atoms with Crippen molar-refractivity contribution in [2.75, 3.05) is 18.0 Å². The number of para-hydroxylation sites is 1. The highest BCUT2D eigenvalue weighted by molar-refractivity contribution is 8.00. The molecule has 1 aliphatic rings. The van der Waals surface area contributed by atoms with Gasteiger partial charge in [-0.25, -0.2) is 0 Å². The Kier molecular flexibility index (Phi) is 5.35. The quantitative estimate of drug-likeness (QED) is 0.683. The number of aryl methyl sites for hydroxylation is 1. The van der Waals surface area contributed by atoms with Gasteiger partial charge in [-0.1, -0.05) is 19.1 Å². The number of hydrogen-bond donors (Lipinski definition) is 1. The lowest BCUT2D eigenvalue weighted by Gasteiger charge is -2.35. The first-order valence-corrected chi connectivity index (χ1v) is 8.39. The molecule has 110 valence electrons. The zero-order valence-corrected chi connectivity index (χ0v) is 13.2. The van der Waals surface area contributed by atoms with E-state index in [9.17, 15) is 4.79 Å². The number of carbonyl (C=O) groups is 1. The number of rotatable bonds is 4. The van der Waals surface area contributed by atoms with Gasteiger partial charge < -0.3 is 10.6 Å². The van der Waals surface area contributed by atoms with Crippen molar-refractivity contribution in [1.82, 2.24) is 4.90 Å². The third-order valence-electron chi connectivity index (χ3n) is 4.05. The Morgan fingerprint density at radius 2 is 2.25 bits per heavy atom. The van der Waals surface area contributed by atoms with Gasteiger partial charge in [0.2, 0.25) is 5.91 Å². The lowest BCUT2D eigenvalue weighted by Crippen LogP contribution is -2.44. The molecule has 1 atom stereocenters. The number of nitrogens with zero attached hydrogens (tertiary/aromatic N) is 1. The Balaban J connectivity index is 1.96. The minimum absolute atomic E-state index is 0.252. The van der Waals surface area contributed by atoms with E-state index in [0.29, 0.717) is 11.8 Å². The summed E-state index contributed by atoms with van der Waals surface area (Å²) in [5.41, 5.74) is 7.93. The van der Waals surface area contributed by atoms with E-state index in [1.165, 1.54) is 6.42 Å². The number of benzene rings is 1. The molecule has 3 nitrogen and oxygen atoms in total. The highest BCUT2D eigenvalue weighted by Gasteiger charge is 2.25. The molecule has 0 bridgehead atoms. The standard InChI is InChI=1S/C16H24N2OS/c1-3-13-8-4-5-10-18(13)15(19)11-20-14-9-6-7-12(2)16(14)17/h6-7,9,13H,3-5,8,10-11,17H2,1-2H3. The molecule has 1 aliphatic heterocycles. The Hall–Kier alpha value is -1.16. The summed E-state index contributed by atoms with van der Waals surface area (Å²) in [4.78, 5) is 15.5. The highest BCUT2D eigenvalue weighted by Crippen LogP contribution is 2.28. The number of nitrogen functional groups attached to an aromatic ring is 1. The summed E-state index contributed by atoms with van der Waals surface area (Å²) in [6.45, 7) is 5.09. The minimum Gasteiger partial charge on any atom is -0.398 e. The fraction of sp³-hybridized carbons (Fsp3) is 0.562. The maximum absolute atomic E-state index is 12.4. The number of piperidine rings is 1. The Morgan fingerprint density at radius 3 is 3.00 bits per heavy atom. The van der Waals surface area contributed by atoms with Crippen LogP contribution in [-0.4, -0.2) is 29.1 Å². The third-order valence-corrected chi connectivity index (χ3v) is 5.11. The van der Waals surface area contributed by atoms with E-state index in [2.05, 4.69) is 11.8 Å². The van der Waals surface area contributed by atoms with Gasteiger partial charge in [-0.2, -0.15) is 0 Å². The molecular formula is C16H24N2OS. The lowest BCUT2D eigenvalue weighted by atomic mass is 10.0. The van der Waals surface area contributed by atoms with Crippen LogP contribution in [0.2, 0.25) is 0 Å². The van der Waals surface area contributed by atoms with Gasteiger partial charge in [0.05, 0.1) is 5.75 Å². The summed E-state index contributed by atoms with van der Waals surface area (Å²) in [6.07, 6.45) is 4.60. The van der Waals surface area contributed by atoms with E-state index < -0.39 is 0 Å². The molecule has 4 heteroatoms. The van der Waals surface area contributed by atoms with E-state index in [1.807, 2.05) is 25.1 Å². The van der Waals surface area contributed by atoms with Crippen LogP contribution < -0.4 is 5.73 Å². The third kappa shape index (κ3) is 3.48. The van der Waals surface area contributed by atoms with Crippen LogP contribution in [0.4, 0.5) is 5.69 Å². The van der Waals surface area contributed by atoms with E-state index in [0.717, 1.165) is 42.0 Å². The molecule has 0 radical (unpaired) electrons. The summed E-state index contributed by atoms with van der Waals surface area (Å²) in [5, 5.41) is 0. The number of hydrogen-bond acceptors (Lipinski definition) is 3. The minimum atomic E-state index is 0.252. The molecule has 1 unspecified atom stereocenters. The van der Waals surface area contributed by atoms with E-state index >= 15 is 0 Å². The summed E-state index contributed by atoms with van der Waals surface area (Å²) in [6, 6.07) is 6.42. The molecule has 1 aromatic carbocycles. The smallest absolute Gasteiger partial charge is 0.233 e. The van der Waals surface area contributed by atoms with Crippen molar-refractivity contribution in [3.05, 3.63) is 23.8 Å². The van der Waals surface area contributed by atoms with Gasteiger partial charge >= 0.3 is 0 Å². The van der Waals surface area contributed by atoms with Crippen LogP contribution in [0.25, 0.3) is 0 Å². The maximum atomic E-state index is 12.4. The number of anilines is 1. The first-order chi connectivity index (χ1) is 9.63. The lowest BCUT2D eigenvalue weighted by molar-refractivity contribution is -0.132. The second kappa shape index (κ2) is 7.02. The van der Waals surface area contributed by atoms with Crippen molar-refractivity contribution >= 4 is 23.4 Å². The largest absolute Gasteiger partial charge is 0.398 e. The molecule has 1 saturated heterocycles. The monoisotopic (exact) mass is 292 g/mol. The van der Waals surface area contributed by atoms with Crippen LogP contribution in [-0.2, 0) is 4.79 Å². The fourth-order valence-electron chi connectivity index (χ4n) is 2.76. The van der Waals surface area contributed by atoms with Crippen LogP contribution in [0.5, 0.6) is 0 Å². The van der Waals surface area contributed by atoms with Gasteiger partial charge in [-0.05, 0) is 44.2 Å². The van der Waals surface area contributed by atoms with Gasteiger partial charge in [-0.15, -0.1) is 11.8 Å². The molecule has 20 heavy (non-hydrogen) atoms. The van der Waals surface area contributed by atoms with Gasteiger partial charge in [0, 0.05) is 23.2 Å². The highest BCUT2D eigenvalue weighted by atomic mass is 32.2. The summed E-state index contributed by atoms with van der Waals surface area (Å²) in [7, 11) is 0. The molecule has 0 saturated carbocycles. The van der Waals surface area contributed by atoms with Crippen LogP contribution >= 0.6 is 11.8 Å². The zero-order valence-electron chi connectivity index (χ0n) is 12.4. The summed E-state index contributed by atoms with van der Waals surface area (Å²) >= 11 is 1.56. The van der Waals surface area contributed by atoms with Crippen molar-refractivity contribution in [3.8, 4) is 0 Å². The molecule has 1 fully saturated rings. The van der Waals surface area contributed by atoms with Crippen molar-refractivity contribution in [2.45, 2.75) is 50.5 Å². The number of likely N-dealkylation sites (tertiary alicyclic amines) is 1. The van der Waals surface area contributed by atoms with Gasteiger partial charge in [0.25, 0.3) is 0 Å². The topological polar surface area (TPSA) is 46.3 Å². The zero-order chi connectivity index (χ0) is 14.5. The van der Waals surface area contributed by atoms with Gasteiger partial charge in [0.15, 0.2) is 0 Å². The number of amides is 1. The number of thioether (sulfide) groups is 1. The van der Waals surface area contributed by atoms with Crippen LogP contribution in [0.3, 0.4) is 0 Å². The van der Waals surface area contributed by atoms with Gasteiger partial charge in [0.1, 0.15) is 0 Å². The van der Waals surface area contributed by atoms with Crippen molar-refractivity contribution < 1.29 is 4.79 Å². The molecule has 2 rings (SSSR count). The molecule has 0 aliphatic carbocycles. The van der Waals surface area contributed by atoms with Crippen molar-refractivity contribution in [1.29, 1.82) is 0 Å². The Bertz CT molecular complexity index is 476. The van der Waals surface area contributed by atoms with Crippen LogP contribution in [0, 0.1) is 6.92 Å². The predicted octanol–water partition coefficient (Wildman–Crippen LogP) is 3.46. The van der Waals surface area contributed by atoms with E-state index in [-0.39, 0.29) is 5.91 Å². The van der Waals surface area contributed by atoms with Gasteiger partial charge in [-0.3, -0.25) is 4.79 Å². The van der Waals surface area contributed by atoms with E-state index in [4.69, 9.17) is 5.73 Å². The summed E-state index contributed by atoms with van der Waals surface area (Å²) < 4.78 is 0. The number of nitrogens with two attached hydrogens (primary N) is 1. The molecule has 1 aromatic rings. The first kappa shape index (κ1) is 15.2. The molecule has 0 aromatic heterocycles. The first-order valence-electron chi connectivity index (χ1n) is 7.40. The molecule has 2 N–H and O–H groups in total. The second-order valence-electron chi connectivity index (χ2n) is 5.42. The van der Waals surface area contributed by atoms with Crippen molar-refractivity contribution in [2.24, 2.45) is 0 Å². The fourth-order valence-corrected chi connectivity index (χ4v) is 3.69. The Morgan fingerprint density at radius 1 is 1.45 bits per heavy atom. The molecule has 0 spiro atoms. The van der Waals surface area contributed by atoms with Crippen molar-refractivity contribution in [3.63, 3.8) is 0 Å². The predicted molar refractivity (Wildman–Crippen MR) is 86.0 cm³/mol. The number of carbonyl (C=O) groups excluding carboxylic acids is 1. The second-order valence-corrected chi connectivity index (χ2v) is 6.44. The van der Waals surface area contributed by atoms with Crippen LogP contribution in [0.1, 0.15) is 38.2 Å². The normalized spacial score (nSPS) is 19.1. The average Bonchev–Trinajstić information content (AvgIpc) is 2.48. The molecule has 1 amide bonds. The summed E-state index contributed by atoms with van der Waals surface area (Å²) in [5.74, 6) is 0.743. The molecule has 1 heterocycles. The van der Waals surface area contributed by atoms with E-state index in [1.54, 1.807) is 11.8 Å². The Labute approximate surface area is 125 Å². The van der Waals surface area contributed by atoms with Crippen LogP contribution in [0.15, 0.2) is 23.1 Å². The maximum Gasteiger partial charge on any atom is 0.233 e.